The average molecular weight is 595 g/mol. The van der Waals surface area contributed by atoms with Crippen LogP contribution in [0.5, 0.6) is 0 Å². The highest BCUT2D eigenvalue weighted by Crippen LogP contribution is 2.32. The minimum atomic E-state index is -0.845. The number of rotatable bonds is 7. The normalized spacial score (nSPS) is 17.8. The van der Waals surface area contributed by atoms with E-state index in [-0.39, 0.29) is 62.2 Å². The van der Waals surface area contributed by atoms with E-state index in [9.17, 15) is 14.4 Å². The minimum Gasteiger partial charge on any atom is -0.442 e. The van der Waals surface area contributed by atoms with E-state index >= 15 is 8.78 Å². The second kappa shape index (κ2) is 11.3. The Labute approximate surface area is 243 Å². The summed E-state index contributed by atoms with van der Waals surface area (Å²) in [4.78, 5) is 50.6. The standard InChI is InChI=1S/C27H28F2N10O4/c1-16-12-38(34-33-16)13-19-14-39(27(42)43-19)18-10-20(28)23(21(29)11-18)35-6-8-36(9-7-35)25(41)17(2)31-24(40)22-15-37-5-3-4-30-26(37)32-22/h3-5,10-12,15,17,19H,6-9,13-14H2,1-2H3,(H,31,40). The minimum absolute atomic E-state index is 0.0424. The van der Waals surface area contributed by atoms with Crippen molar-refractivity contribution >= 4 is 35.1 Å². The molecule has 14 nitrogen and oxygen atoms in total. The van der Waals surface area contributed by atoms with Crippen LogP contribution in [-0.2, 0) is 16.1 Å². The van der Waals surface area contributed by atoms with Crippen molar-refractivity contribution in [3.63, 3.8) is 0 Å². The first kappa shape index (κ1) is 28.0. The maximum atomic E-state index is 15.3. The Hall–Kier alpha value is -5.15. The molecule has 16 heteroatoms. The fraction of sp³-hybridized carbons (Fsp3) is 0.370. The summed E-state index contributed by atoms with van der Waals surface area (Å²) in [5, 5.41) is 10.5. The van der Waals surface area contributed by atoms with Gasteiger partial charge in [0.15, 0.2) is 11.6 Å². The number of amides is 3. The third-order valence-electron chi connectivity index (χ3n) is 7.33. The van der Waals surface area contributed by atoms with Crippen molar-refractivity contribution in [3.8, 4) is 0 Å². The molecule has 6 rings (SSSR count). The molecule has 4 aromatic rings. The molecule has 5 heterocycles. The molecule has 2 aliphatic heterocycles. The smallest absolute Gasteiger partial charge is 0.414 e. The highest BCUT2D eigenvalue weighted by Gasteiger charge is 2.35. The third-order valence-corrected chi connectivity index (χ3v) is 7.33. The molecule has 1 N–H and O–H groups in total. The zero-order chi connectivity index (χ0) is 30.2. The van der Waals surface area contributed by atoms with Crippen molar-refractivity contribution in [2.75, 3.05) is 42.5 Å². The van der Waals surface area contributed by atoms with E-state index in [0.29, 0.717) is 11.5 Å². The summed E-state index contributed by atoms with van der Waals surface area (Å²) in [6.07, 6.45) is 5.22. The maximum Gasteiger partial charge on any atom is 0.414 e. The second-order valence-electron chi connectivity index (χ2n) is 10.4. The van der Waals surface area contributed by atoms with Crippen LogP contribution in [0.3, 0.4) is 0 Å². The molecule has 0 saturated carbocycles. The number of aryl methyl sites for hydroxylation is 1. The lowest BCUT2D eigenvalue weighted by molar-refractivity contribution is -0.133. The number of hydrogen-bond acceptors (Lipinski definition) is 9. The predicted molar refractivity (Wildman–Crippen MR) is 147 cm³/mol. The van der Waals surface area contributed by atoms with Crippen LogP contribution in [0.1, 0.15) is 23.1 Å². The van der Waals surface area contributed by atoms with Gasteiger partial charge in [0.1, 0.15) is 23.5 Å². The van der Waals surface area contributed by atoms with Crippen LogP contribution >= 0.6 is 0 Å². The molecular weight excluding hydrogens is 566 g/mol. The molecule has 3 aromatic heterocycles. The van der Waals surface area contributed by atoms with Crippen molar-refractivity contribution in [2.45, 2.75) is 32.5 Å². The van der Waals surface area contributed by atoms with Crippen LogP contribution in [0.15, 0.2) is 43.0 Å². The van der Waals surface area contributed by atoms with Crippen LogP contribution in [0.4, 0.5) is 25.0 Å². The van der Waals surface area contributed by atoms with E-state index in [2.05, 4.69) is 25.6 Å². The van der Waals surface area contributed by atoms with Crippen LogP contribution in [-0.4, -0.2) is 97.0 Å². The van der Waals surface area contributed by atoms with Gasteiger partial charge in [-0.05, 0) is 19.9 Å². The number of carbonyl (C=O) groups is 3. The van der Waals surface area contributed by atoms with Crippen molar-refractivity contribution in [2.24, 2.45) is 0 Å². The number of cyclic esters (lactones) is 1. The van der Waals surface area contributed by atoms with Crippen LogP contribution < -0.4 is 15.1 Å². The van der Waals surface area contributed by atoms with Gasteiger partial charge in [-0.15, -0.1) is 5.10 Å². The summed E-state index contributed by atoms with van der Waals surface area (Å²) in [6.45, 7) is 4.44. The van der Waals surface area contributed by atoms with Crippen molar-refractivity contribution in [1.29, 1.82) is 0 Å². The van der Waals surface area contributed by atoms with E-state index in [1.807, 2.05) is 0 Å². The number of ether oxygens (including phenoxy) is 1. The molecule has 2 unspecified atom stereocenters. The van der Waals surface area contributed by atoms with Gasteiger partial charge >= 0.3 is 6.09 Å². The highest BCUT2D eigenvalue weighted by atomic mass is 19.1. The average Bonchev–Trinajstić information content (AvgIpc) is 3.70. The van der Waals surface area contributed by atoms with Gasteiger partial charge in [-0.2, -0.15) is 0 Å². The third kappa shape index (κ3) is 5.67. The fourth-order valence-electron chi connectivity index (χ4n) is 5.23. The lowest BCUT2D eigenvalue weighted by Crippen LogP contribution is -2.54. The van der Waals surface area contributed by atoms with Crippen molar-refractivity contribution < 1.29 is 27.9 Å². The lowest BCUT2D eigenvalue weighted by Gasteiger charge is -2.37. The Balaban J connectivity index is 1.05. The van der Waals surface area contributed by atoms with E-state index < -0.39 is 35.8 Å². The summed E-state index contributed by atoms with van der Waals surface area (Å²) in [5.41, 5.74) is 0.644. The van der Waals surface area contributed by atoms with E-state index in [1.54, 1.807) is 47.6 Å². The number of anilines is 2. The topological polar surface area (TPSA) is 143 Å². The number of imidazole rings is 1. The largest absolute Gasteiger partial charge is 0.442 e. The van der Waals surface area contributed by atoms with Gasteiger partial charge in [-0.25, -0.2) is 28.2 Å². The van der Waals surface area contributed by atoms with Gasteiger partial charge in [-0.1, -0.05) is 5.21 Å². The number of halogens is 2. The number of benzene rings is 1. The number of fused-ring (bicyclic) bond motifs is 1. The summed E-state index contributed by atoms with van der Waals surface area (Å²) in [5.74, 6) is -2.15. The Kier molecular flexibility index (Phi) is 7.33. The van der Waals surface area contributed by atoms with E-state index in [0.717, 1.165) is 12.1 Å². The molecule has 2 fully saturated rings. The van der Waals surface area contributed by atoms with Gasteiger partial charge in [0.2, 0.25) is 11.7 Å². The van der Waals surface area contributed by atoms with Gasteiger partial charge in [-0.3, -0.25) is 18.9 Å². The number of nitrogens with one attached hydrogen (secondary N) is 1. The molecule has 2 aliphatic rings. The number of hydrogen-bond donors (Lipinski definition) is 1. The SMILES string of the molecule is Cc1cn(CC2CN(c3cc(F)c(N4CCN(C(=O)C(C)NC(=O)c5cn6cccnc6n5)CC4)c(F)c3)C(=O)O2)nn1. The predicted octanol–water partition coefficient (Wildman–Crippen LogP) is 1.40. The quantitative estimate of drug-likeness (QED) is 0.336. The number of aromatic nitrogens is 6. The molecule has 224 valence electrons. The Morgan fingerprint density at radius 1 is 1.14 bits per heavy atom. The van der Waals surface area contributed by atoms with E-state index in [4.69, 9.17) is 4.74 Å². The molecule has 0 aliphatic carbocycles. The number of nitrogens with zero attached hydrogens (tertiary/aromatic N) is 9. The molecule has 0 radical (unpaired) electrons. The molecule has 43 heavy (non-hydrogen) atoms. The van der Waals surface area contributed by atoms with Gasteiger partial charge in [0.25, 0.3) is 5.91 Å². The van der Waals surface area contributed by atoms with Crippen LogP contribution in [0.2, 0.25) is 0 Å². The molecule has 0 bridgehead atoms. The van der Waals surface area contributed by atoms with Crippen LogP contribution in [0, 0.1) is 18.6 Å². The first-order valence-electron chi connectivity index (χ1n) is 13.6. The Morgan fingerprint density at radius 2 is 1.88 bits per heavy atom. The first-order chi connectivity index (χ1) is 20.7. The molecule has 2 atom stereocenters. The number of carbonyl (C=O) groups excluding carboxylic acids is 3. The van der Waals surface area contributed by atoms with Crippen molar-refractivity contribution in [3.05, 3.63) is 66.0 Å². The summed E-state index contributed by atoms with van der Waals surface area (Å²) < 4.78 is 39.0. The maximum absolute atomic E-state index is 15.3. The zero-order valence-electron chi connectivity index (χ0n) is 23.4. The fourth-order valence-corrected chi connectivity index (χ4v) is 5.23. The van der Waals surface area contributed by atoms with Crippen molar-refractivity contribution in [1.82, 2.24) is 39.6 Å². The molecular formula is C27H28F2N10O4. The lowest BCUT2D eigenvalue weighted by atomic mass is 10.1. The number of piperazine rings is 1. The second-order valence-corrected chi connectivity index (χ2v) is 10.4. The summed E-state index contributed by atoms with van der Waals surface area (Å²) in [6, 6.07) is 3.07. The van der Waals surface area contributed by atoms with Gasteiger partial charge in [0.05, 0.1) is 24.5 Å². The molecule has 2 saturated heterocycles. The first-order valence-corrected chi connectivity index (χ1v) is 13.6. The van der Waals surface area contributed by atoms with E-state index in [1.165, 1.54) is 20.9 Å². The zero-order valence-corrected chi connectivity index (χ0v) is 23.4. The van der Waals surface area contributed by atoms with Gasteiger partial charge in [0, 0.05) is 63.1 Å². The highest BCUT2D eigenvalue weighted by molar-refractivity contribution is 5.96. The van der Waals surface area contributed by atoms with Crippen LogP contribution in [0.25, 0.3) is 5.78 Å². The Bertz CT molecular complexity index is 1640. The molecule has 3 amide bonds. The summed E-state index contributed by atoms with van der Waals surface area (Å²) >= 11 is 0. The van der Waals surface area contributed by atoms with Gasteiger partial charge < -0.3 is 19.9 Å². The monoisotopic (exact) mass is 594 g/mol. The Morgan fingerprint density at radius 3 is 2.56 bits per heavy atom. The molecule has 1 aromatic carbocycles. The molecule has 0 spiro atoms. The summed E-state index contributed by atoms with van der Waals surface area (Å²) in [7, 11) is 0.